The lowest BCUT2D eigenvalue weighted by Crippen LogP contribution is -2.37. The zero-order valence-electron chi connectivity index (χ0n) is 14.8. The minimum Gasteiger partial charge on any atom is -0.486 e. The molecular weight excluding hydrogens is 340 g/mol. The molecule has 8 nitrogen and oxygen atoms in total. The molecule has 0 saturated carbocycles. The predicted octanol–water partition coefficient (Wildman–Crippen LogP) is 0.878. The van der Waals surface area contributed by atoms with E-state index in [2.05, 4.69) is 5.32 Å². The van der Waals surface area contributed by atoms with Gasteiger partial charge in [-0.25, -0.2) is 0 Å². The fourth-order valence-electron chi connectivity index (χ4n) is 2.96. The predicted molar refractivity (Wildman–Crippen MR) is 92.1 cm³/mol. The molecule has 1 aromatic carbocycles. The maximum absolute atomic E-state index is 12.3. The number of nitrogens with one attached hydrogen (secondary N) is 1. The van der Waals surface area contributed by atoms with Gasteiger partial charge >= 0.3 is 5.97 Å². The molecule has 1 aromatic rings. The summed E-state index contributed by atoms with van der Waals surface area (Å²) >= 11 is 0. The summed E-state index contributed by atoms with van der Waals surface area (Å²) in [5, 5.41) is 2.59. The van der Waals surface area contributed by atoms with Gasteiger partial charge in [0.15, 0.2) is 17.6 Å². The average Bonchev–Trinajstić information content (AvgIpc) is 3.03. The molecule has 1 N–H and O–H groups in total. The summed E-state index contributed by atoms with van der Waals surface area (Å²) in [7, 11) is 0. The van der Waals surface area contributed by atoms with Gasteiger partial charge in [-0.1, -0.05) is 0 Å². The van der Waals surface area contributed by atoms with Crippen molar-refractivity contribution < 1.29 is 28.6 Å². The third-order valence-electron chi connectivity index (χ3n) is 4.31. The number of carbonyl (C=O) groups excluding carboxylic acids is 3. The van der Waals surface area contributed by atoms with Crippen LogP contribution in [0.2, 0.25) is 0 Å². The Morgan fingerprint density at radius 3 is 2.77 bits per heavy atom. The summed E-state index contributed by atoms with van der Waals surface area (Å²) in [5.41, 5.74) is 0.645. The van der Waals surface area contributed by atoms with Crippen LogP contribution in [-0.2, 0) is 19.1 Å². The van der Waals surface area contributed by atoms with E-state index < -0.39 is 18.0 Å². The normalized spacial score (nSPS) is 19.8. The molecule has 0 aromatic heterocycles. The second-order valence-electron chi connectivity index (χ2n) is 6.21. The highest BCUT2D eigenvalue weighted by molar-refractivity contribution is 6.00. The molecule has 3 rings (SSSR count). The Kier molecular flexibility index (Phi) is 5.29. The largest absolute Gasteiger partial charge is 0.486 e. The van der Waals surface area contributed by atoms with E-state index in [0.717, 1.165) is 0 Å². The van der Waals surface area contributed by atoms with E-state index in [-0.39, 0.29) is 24.8 Å². The van der Waals surface area contributed by atoms with E-state index >= 15 is 0 Å². The van der Waals surface area contributed by atoms with Gasteiger partial charge in [-0.05, 0) is 26.0 Å². The molecule has 2 aliphatic rings. The van der Waals surface area contributed by atoms with E-state index in [0.29, 0.717) is 36.9 Å². The number of hydrogen-bond donors (Lipinski definition) is 1. The van der Waals surface area contributed by atoms with E-state index in [1.165, 1.54) is 11.8 Å². The zero-order valence-corrected chi connectivity index (χ0v) is 14.8. The summed E-state index contributed by atoms with van der Waals surface area (Å²) in [6, 6.07) is 5.24. The first-order valence-corrected chi connectivity index (χ1v) is 8.67. The smallest absolute Gasteiger partial charge is 0.312 e. The fraction of sp³-hybridized carbons (Fsp3) is 0.500. The second kappa shape index (κ2) is 7.63. The topological polar surface area (TPSA) is 94.2 Å². The molecular formula is C18H22N2O6. The zero-order chi connectivity index (χ0) is 18.7. The van der Waals surface area contributed by atoms with E-state index in [1.807, 2.05) is 0 Å². The van der Waals surface area contributed by atoms with Crippen molar-refractivity contribution >= 4 is 23.5 Å². The fourth-order valence-corrected chi connectivity index (χ4v) is 2.96. The monoisotopic (exact) mass is 362 g/mol. The highest BCUT2D eigenvalue weighted by Crippen LogP contribution is 2.36. The maximum Gasteiger partial charge on any atom is 0.312 e. The standard InChI is InChI=1S/C18H22N2O6/c1-3-19-17(22)11(2)26-18(23)12-8-16(21)20(10-12)13-4-5-14-15(9-13)25-7-6-24-14/h4-5,9,11-12H,3,6-8,10H2,1-2H3,(H,19,22)/t11-,12-/m0/s1. The SMILES string of the molecule is CCNC(=O)[C@H](C)OC(=O)[C@H]1CC(=O)N(c2ccc3c(c2)OCCO3)C1. The lowest BCUT2D eigenvalue weighted by atomic mass is 10.1. The van der Waals surface area contributed by atoms with Crippen LogP contribution < -0.4 is 19.7 Å². The van der Waals surface area contributed by atoms with E-state index in [4.69, 9.17) is 14.2 Å². The van der Waals surface area contributed by atoms with Gasteiger partial charge < -0.3 is 24.4 Å². The van der Waals surface area contributed by atoms with Crippen LogP contribution in [0.1, 0.15) is 20.3 Å². The molecule has 2 atom stereocenters. The third kappa shape index (κ3) is 3.74. The highest BCUT2D eigenvalue weighted by Gasteiger charge is 2.37. The Bertz CT molecular complexity index is 720. The Hall–Kier alpha value is -2.77. The van der Waals surface area contributed by atoms with Crippen molar-refractivity contribution in [3.05, 3.63) is 18.2 Å². The molecule has 2 heterocycles. The van der Waals surface area contributed by atoms with Crippen molar-refractivity contribution in [2.45, 2.75) is 26.4 Å². The molecule has 0 spiro atoms. The Labute approximate surface area is 151 Å². The van der Waals surface area contributed by atoms with Crippen LogP contribution in [0.25, 0.3) is 0 Å². The summed E-state index contributed by atoms with van der Waals surface area (Å²) < 4.78 is 16.2. The number of nitrogens with zero attached hydrogens (tertiary/aromatic N) is 1. The number of carbonyl (C=O) groups is 3. The lowest BCUT2D eigenvalue weighted by Gasteiger charge is -2.22. The van der Waals surface area contributed by atoms with Gasteiger partial charge in [0.05, 0.1) is 5.92 Å². The van der Waals surface area contributed by atoms with Gasteiger partial charge in [0.1, 0.15) is 13.2 Å². The van der Waals surface area contributed by atoms with Crippen LogP contribution in [-0.4, -0.2) is 50.2 Å². The van der Waals surface area contributed by atoms with Crippen molar-refractivity contribution in [3.8, 4) is 11.5 Å². The highest BCUT2D eigenvalue weighted by atomic mass is 16.6. The summed E-state index contributed by atoms with van der Waals surface area (Å²) in [6.07, 6.45) is -0.837. The molecule has 2 aliphatic heterocycles. The van der Waals surface area contributed by atoms with Gasteiger partial charge in [0.25, 0.3) is 5.91 Å². The Balaban J connectivity index is 1.65. The third-order valence-corrected chi connectivity index (χ3v) is 4.31. The number of ether oxygens (including phenoxy) is 3. The number of hydrogen-bond acceptors (Lipinski definition) is 6. The molecule has 1 fully saturated rings. The summed E-state index contributed by atoms with van der Waals surface area (Å²) in [6.45, 7) is 4.91. The number of likely N-dealkylation sites (N-methyl/N-ethyl adjacent to an activating group) is 1. The van der Waals surface area contributed by atoms with Crippen LogP contribution in [0.3, 0.4) is 0 Å². The van der Waals surface area contributed by atoms with Crippen molar-refractivity contribution in [2.24, 2.45) is 5.92 Å². The number of amides is 2. The number of rotatable bonds is 5. The summed E-state index contributed by atoms with van der Waals surface area (Å²) in [5.74, 6) is -0.455. The first kappa shape index (κ1) is 18.0. The van der Waals surface area contributed by atoms with Gasteiger partial charge in [0.2, 0.25) is 5.91 Å². The van der Waals surface area contributed by atoms with Crippen LogP contribution in [0.5, 0.6) is 11.5 Å². The van der Waals surface area contributed by atoms with Crippen LogP contribution >= 0.6 is 0 Å². The molecule has 1 saturated heterocycles. The number of fused-ring (bicyclic) bond motifs is 1. The number of esters is 1. The molecule has 26 heavy (non-hydrogen) atoms. The Morgan fingerprint density at radius 2 is 2.04 bits per heavy atom. The minimum absolute atomic E-state index is 0.0510. The van der Waals surface area contributed by atoms with Crippen molar-refractivity contribution in [3.63, 3.8) is 0 Å². The maximum atomic E-state index is 12.3. The van der Waals surface area contributed by atoms with Gasteiger partial charge in [-0.15, -0.1) is 0 Å². The van der Waals surface area contributed by atoms with Crippen molar-refractivity contribution in [2.75, 3.05) is 31.2 Å². The van der Waals surface area contributed by atoms with Gasteiger partial charge in [-0.3, -0.25) is 14.4 Å². The minimum atomic E-state index is -0.888. The Morgan fingerprint density at radius 1 is 1.31 bits per heavy atom. The molecule has 0 radical (unpaired) electrons. The van der Waals surface area contributed by atoms with Crippen LogP contribution in [0.15, 0.2) is 18.2 Å². The molecule has 0 aliphatic carbocycles. The van der Waals surface area contributed by atoms with Crippen LogP contribution in [0.4, 0.5) is 5.69 Å². The molecule has 2 amide bonds. The van der Waals surface area contributed by atoms with E-state index in [9.17, 15) is 14.4 Å². The average molecular weight is 362 g/mol. The molecule has 0 unspecified atom stereocenters. The van der Waals surface area contributed by atoms with Gasteiger partial charge in [-0.2, -0.15) is 0 Å². The first-order valence-electron chi connectivity index (χ1n) is 8.67. The quantitative estimate of drug-likeness (QED) is 0.782. The number of anilines is 1. The summed E-state index contributed by atoms with van der Waals surface area (Å²) in [4.78, 5) is 37.9. The van der Waals surface area contributed by atoms with E-state index in [1.54, 1.807) is 25.1 Å². The lowest BCUT2D eigenvalue weighted by molar-refractivity contribution is -0.158. The number of benzene rings is 1. The van der Waals surface area contributed by atoms with Gasteiger partial charge in [0, 0.05) is 31.3 Å². The first-order chi connectivity index (χ1) is 12.5. The van der Waals surface area contributed by atoms with Crippen molar-refractivity contribution in [1.29, 1.82) is 0 Å². The molecule has 0 bridgehead atoms. The van der Waals surface area contributed by atoms with Crippen molar-refractivity contribution in [1.82, 2.24) is 5.32 Å². The molecule has 8 heteroatoms. The second-order valence-corrected chi connectivity index (χ2v) is 6.21. The molecule has 140 valence electrons. The van der Waals surface area contributed by atoms with Crippen LogP contribution in [0, 0.1) is 5.92 Å².